The minimum Gasteiger partial charge on any atom is -0.381 e. The Morgan fingerprint density at radius 1 is 1.17 bits per heavy atom. The molecule has 2 N–H and O–H groups in total. The van der Waals surface area contributed by atoms with Gasteiger partial charge >= 0.3 is 0 Å². The molecule has 1 heterocycles. The van der Waals surface area contributed by atoms with Crippen molar-refractivity contribution < 1.29 is 17.9 Å². The summed E-state index contributed by atoms with van der Waals surface area (Å²) in [5.74, 6) is 1.44. The lowest BCUT2D eigenvalue weighted by Gasteiger charge is -2.21. The second-order valence-electron chi connectivity index (χ2n) is 7.16. The SMILES string of the molecule is CCNC(=NCCCS(=O)(=O)c1ccccc1)NCCCOCC1CCOCC1. The third-order valence-electron chi connectivity index (χ3n) is 4.74. The van der Waals surface area contributed by atoms with Crippen LogP contribution in [0, 0.1) is 5.92 Å². The fraction of sp³-hybridized carbons (Fsp3) is 0.667. The van der Waals surface area contributed by atoms with Crippen LogP contribution in [0.4, 0.5) is 0 Å². The Labute approximate surface area is 175 Å². The number of rotatable bonds is 12. The molecule has 8 heteroatoms. The van der Waals surface area contributed by atoms with E-state index in [0.29, 0.717) is 29.7 Å². The molecule has 0 radical (unpaired) electrons. The third-order valence-corrected chi connectivity index (χ3v) is 6.56. The van der Waals surface area contributed by atoms with Gasteiger partial charge < -0.3 is 20.1 Å². The van der Waals surface area contributed by atoms with Crippen molar-refractivity contribution in [2.45, 2.75) is 37.5 Å². The van der Waals surface area contributed by atoms with Crippen LogP contribution in [0.3, 0.4) is 0 Å². The summed E-state index contributed by atoms with van der Waals surface area (Å²) in [4.78, 5) is 4.85. The average Bonchev–Trinajstić information content (AvgIpc) is 2.75. The van der Waals surface area contributed by atoms with Crippen molar-refractivity contribution in [3.05, 3.63) is 30.3 Å². The molecule has 1 aliphatic heterocycles. The number of nitrogens with one attached hydrogen (secondary N) is 2. The molecule has 2 rings (SSSR count). The number of aliphatic imine (C=N–C) groups is 1. The van der Waals surface area contributed by atoms with Crippen molar-refractivity contribution in [1.82, 2.24) is 10.6 Å². The molecule has 0 saturated carbocycles. The van der Waals surface area contributed by atoms with Gasteiger partial charge in [-0.25, -0.2) is 8.42 Å². The Morgan fingerprint density at radius 3 is 2.66 bits per heavy atom. The zero-order valence-electron chi connectivity index (χ0n) is 17.4. The van der Waals surface area contributed by atoms with E-state index in [1.807, 2.05) is 13.0 Å². The number of hydrogen-bond acceptors (Lipinski definition) is 5. The fourth-order valence-corrected chi connectivity index (χ4v) is 4.39. The first kappa shape index (κ1) is 23.6. The van der Waals surface area contributed by atoms with Gasteiger partial charge in [0.1, 0.15) is 0 Å². The van der Waals surface area contributed by atoms with Gasteiger partial charge in [-0.1, -0.05) is 18.2 Å². The van der Waals surface area contributed by atoms with Gasteiger partial charge in [0.15, 0.2) is 15.8 Å². The van der Waals surface area contributed by atoms with Crippen molar-refractivity contribution in [1.29, 1.82) is 0 Å². The summed E-state index contributed by atoms with van der Waals surface area (Å²) in [6.07, 6.45) is 3.57. The van der Waals surface area contributed by atoms with Crippen molar-refractivity contribution in [3.8, 4) is 0 Å². The van der Waals surface area contributed by atoms with Crippen molar-refractivity contribution in [2.75, 3.05) is 51.8 Å². The van der Waals surface area contributed by atoms with Gasteiger partial charge in [0.25, 0.3) is 0 Å². The molecule has 1 fully saturated rings. The number of benzene rings is 1. The zero-order valence-corrected chi connectivity index (χ0v) is 18.3. The minimum atomic E-state index is -3.24. The quantitative estimate of drug-likeness (QED) is 0.303. The van der Waals surface area contributed by atoms with Crippen LogP contribution < -0.4 is 10.6 Å². The van der Waals surface area contributed by atoms with E-state index in [1.54, 1.807) is 24.3 Å². The minimum absolute atomic E-state index is 0.0972. The number of ether oxygens (including phenoxy) is 2. The van der Waals surface area contributed by atoms with Crippen LogP contribution in [-0.4, -0.2) is 66.2 Å². The van der Waals surface area contributed by atoms with Crippen LogP contribution in [0.2, 0.25) is 0 Å². The largest absolute Gasteiger partial charge is 0.381 e. The number of sulfone groups is 1. The Kier molecular flexibility index (Phi) is 11.1. The molecule has 0 amide bonds. The topological polar surface area (TPSA) is 89.0 Å². The molecule has 1 saturated heterocycles. The van der Waals surface area contributed by atoms with E-state index in [0.717, 1.165) is 58.8 Å². The summed E-state index contributed by atoms with van der Waals surface area (Å²) in [6.45, 7) is 7.23. The smallest absolute Gasteiger partial charge is 0.191 e. The van der Waals surface area contributed by atoms with Gasteiger partial charge in [0, 0.05) is 46.1 Å². The van der Waals surface area contributed by atoms with E-state index in [4.69, 9.17) is 9.47 Å². The first-order valence-corrected chi connectivity index (χ1v) is 12.2. The fourth-order valence-electron chi connectivity index (χ4n) is 3.08. The maximum absolute atomic E-state index is 12.3. The van der Waals surface area contributed by atoms with Crippen molar-refractivity contribution >= 4 is 15.8 Å². The first-order chi connectivity index (χ1) is 14.1. The molecular formula is C21H35N3O4S. The van der Waals surface area contributed by atoms with Crippen molar-refractivity contribution in [2.24, 2.45) is 10.9 Å². The summed E-state index contributed by atoms with van der Waals surface area (Å²) in [5.41, 5.74) is 0. The molecule has 0 aromatic heterocycles. The van der Waals surface area contributed by atoms with Gasteiger partial charge in [-0.05, 0) is 50.7 Å². The highest BCUT2D eigenvalue weighted by Gasteiger charge is 2.14. The highest BCUT2D eigenvalue weighted by Crippen LogP contribution is 2.14. The Hall–Kier alpha value is -1.64. The molecule has 0 spiro atoms. The molecule has 0 aliphatic carbocycles. The summed E-state index contributed by atoms with van der Waals surface area (Å²) in [5, 5.41) is 6.47. The third kappa shape index (κ3) is 9.60. The van der Waals surface area contributed by atoms with Gasteiger partial charge in [0.05, 0.1) is 10.6 Å². The molecule has 0 unspecified atom stereocenters. The highest BCUT2D eigenvalue weighted by atomic mass is 32.2. The van der Waals surface area contributed by atoms with Gasteiger partial charge in [-0.3, -0.25) is 4.99 Å². The lowest BCUT2D eigenvalue weighted by atomic mass is 10.0. The van der Waals surface area contributed by atoms with E-state index in [9.17, 15) is 8.42 Å². The maximum Gasteiger partial charge on any atom is 0.191 e. The Morgan fingerprint density at radius 2 is 1.93 bits per heavy atom. The second kappa shape index (κ2) is 13.6. The molecule has 1 aromatic carbocycles. The molecular weight excluding hydrogens is 390 g/mol. The summed E-state index contributed by atoms with van der Waals surface area (Å²) in [7, 11) is -3.24. The monoisotopic (exact) mass is 425 g/mol. The standard InChI is InChI=1S/C21H35N3O4S/c1-2-22-21(23-12-6-14-28-18-19-10-15-27-16-11-19)24-13-7-17-29(25,26)20-8-4-3-5-9-20/h3-5,8-9,19H,2,6-7,10-18H2,1H3,(H2,22,23,24). The predicted molar refractivity (Wildman–Crippen MR) is 116 cm³/mol. The van der Waals surface area contributed by atoms with E-state index < -0.39 is 9.84 Å². The summed E-state index contributed by atoms with van der Waals surface area (Å²) < 4.78 is 35.7. The van der Waals surface area contributed by atoms with Crippen molar-refractivity contribution in [3.63, 3.8) is 0 Å². The van der Waals surface area contributed by atoms with Gasteiger partial charge in [-0.2, -0.15) is 0 Å². The van der Waals surface area contributed by atoms with Crippen LogP contribution in [0.25, 0.3) is 0 Å². The summed E-state index contributed by atoms with van der Waals surface area (Å²) in [6, 6.07) is 8.56. The van der Waals surface area contributed by atoms with Gasteiger partial charge in [-0.15, -0.1) is 0 Å². The first-order valence-electron chi connectivity index (χ1n) is 10.6. The molecule has 0 atom stereocenters. The van der Waals surface area contributed by atoms with E-state index in [1.165, 1.54) is 0 Å². The summed E-state index contributed by atoms with van der Waals surface area (Å²) >= 11 is 0. The van der Waals surface area contributed by atoms with Crippen LogP contribution in [0.5, 0.6) is 0 Å². The molecule has 1 aromatic rings. The van der Waals surface area contributed by atoms with E-state index in [-0.39, 0.29) is 5.75 Å². The van der Waals surface area contributed by atoms with Crippen LogP contribution in [0.15, 0.2) is 40.2 Å². The molecule has 1 aliphatic rings. The average molecular weight is 426 g/mol. The number of guanidine groups is 1. The predicted octanol–water partition coefficient (Wildman–Crippen LogP) is 2.24. The van der Waals surface area contributed by atoms with Crippen LogP contribution in [0.1, 0.15) is 32.6 Å². The molecule has 164 valence electrons. The zero-order chi connectivity index (χ0) is 20.8. The number of nitrogens with zero attached hydrogens (tertiary/aromatic N) is 1. The highest BCUT2D eigenvalue weighted by molar-refractivity contribution is 7.91. The molecule has 7 nitrogen and oxygen atoms in total. The molecule has 0 bridgehead atoms. The maximum atomic E-state index is 12.3. The van der Waals surface area contributed by atoms with Crippen LogP contribution >= 0.6 is 0 Å². The second-order valence-corrected chi connectivity index (χ2v) is 9.27. The van der Waals surface area contributed by atoms with E-state index >= 15 is 0 Å². The Bertz CT molecular complexity index is 689. The van der Waals surface area contributed by atoms with E-state index in [2.05, 4.69) is 15.6 Å². The van der Waals surface area contributed by atoms with Crippen LogP contribution in [-0.2, 0) is 19.3 Å². The normalized spacial score (nSPS) is 16.0. The lowest BCUT2D eigenvalue weighted by molar-refractivity contribution is 0.0203. The number of hydrogen-bond donors (Lipinski definition) is 2. The Balaban J connectivity index is 1.61. The lowest BCUT2D eigenvalue weighted by Crippen LogP contribution is -2.38. The van der Waals surface area contributed by atoms with Gasteiger partial charge in [0.2, 0.25) is 0 Å². The molecule has 29 heavy (non-hydrogen) atoms.